The fourth-order valence-electron chi connectivity index (χ4n) is 2.42. The number of methoxy groups -OCH3 is 1. The number of pyridine rings is 1. The Morgan fingerprint density at radius 1 is 1.26 bits per heavy atom. The Morgan fingerprint density at radius 2 is 2.13 bits per heavy atom. The summed E-state index contributed by atoms with van der Waals surface area (Å²) in [7, 11) is 1.60. The smallest absolute Gasteiger partial charge is 0.319 e. The average Bonchev–Trinajstić information content (AvgIpc) is 2.95. The van der Waals surface area contributed by atoms with Gasteiger partial charge in [-0.2, -0.15) is 0 Å². The second kappa shape index (κ2) is 6.93. The zero-order valence-corrected chi connectivity index (χ0v) is 12.8. The van der Waals surface area contributed by atoms with E-state index < -0.39 is 0 Å². The maximum absolute atomic E-state index is 12.1. The lowest BCUT2D eigenvalue weighted by molar-refractivity contribution is 0.198. The lowest BCUT2D eigenvalue weighted by atomic mass is 10.1. The van der Waals surface area contributed by atoms with E-state index in [-0.39, 0.29) is 6.03 Å². The highest BCUT2D eigenvalue weighted by atomic mass is 16.5. The molecule has 6 nitrogen and oxygen atoms in total. The van der Waals surface area contributed by atoms with Gasteiger partial charge >= 0.3 is 6.03 Å². The summed E-state index contributed by atoms with van der Waals surface area (Å²) >= 11 is 0. The lowest BCUT2D eigenvalue weighted by Gasteiger charge is -2.09. The molecule has 0 spiro atoms. The Balaban J connectivity index is 1.95. The Kier molecular flexibility index (Phi) is 4.54. The Bertz CT molecular complexity index is 799. The number of carbonyl (C=O) groups excluding carboxylic acids is 1. The number of ether oxygens (including phenoxy) is 1. The molecule has 6 heteroatoms. The number of para-hydroxylation sites is 1. The van der Waals surface area contributed by atoms with Crippen LogP contribution in [0.2, 0.25) is 0 Å². The van der Waals surface area contributed by atoms with Crippen molar-refractivity contribution in [3.8, 4) is 11.3 Å². The van der Waals surface area contributed by atoms with Crippen LogP contribution >= 0.6 is 0 Å². The van der Waals surface area contributed by atoms with Crippen LogP contribution in [0.15, 0.2) is 48.8 Å². The predicted molar refractivity (Wildman–Crippen MR) is 90.4 cm³/mol. The minimum absolute atomic E-state index is 0.267. The summed E-state index contributed by atoms with van der Waals surface area (Å²) in [5.74, 6) is 0. The number of benzene rings is 1. The number of H-pyrrole nitrogens is 1. The molecule has 0 radical (unpaired) electrons. The summed E-state index contributed by atoms with van der Waals surface area (Å²) < 4.78 is 4.93. The number of amides is 2. The molecular formula is C17H18N4O2. The molecule has 3 rings (SSSR count). The van der Waals surface area contributed by atoms with E-state index in [1.165, 1.54) is 0 Å². The monoisotopic (exact) mass is 310 g/mol. The SMILES string of the molecule is COCCNC(=O)Nc1c(-c2cccnc2)[nH]c2ccccc12. The van der Waals surface area contributed by atoms with Gasteiger partial charge in [-0.3, -0.25) is 4.98 Å². The first-order valence-corrected chi connectivity index (χ1v) is 7.34. The van der Waals surface area contributed by atoms with Crippen molar-refractivity contribution in [1.29, 1.82) is 0 Å². The summed E-state index contributed by atoms with van der Waals surface area (Å²) in [5.41, 5.74) is 3.44. The van der Waals surface area contributed by atoms with E-state index in [9.17, 15) is 4.79 Å². The van der Waals surface area contributed by atoms with Gasteiger partial charge in [-0.05, 0) is 18.2 Å². The van der Waals surface area contributed by atoms with E-state index in [1.54, 1.807) is 19.5 Å². The van der Waals surface area contributed by atoms with E-state index in [2.05, 4.69) is 20.6 Å². The number of hydrogen-bond acceptors (Lipinski definition) is 3. The van der Waals surface area contributed by atoms with Gasteiger partial charge in [0.15, 0.2) is 0 Å². The molecule has 2 aromatic heterocycles. The van der Waals surface area contributed by atoms with Crippen LogP contribution in [0, 0.1) is 0 Å². The van der Waals surface area contributed by atoms with Crippen molar-refractivity contribution in [3.05, 3.63) is 48.8 Å². The van der Waals surface area contributed by atoms with Crippen molar-refractivity contribution in [3.63, 3.8) is 0 Å². The fraction of sp³-hybridized carbons (Fsp3) is 0.176. The van der Waals surface area contributed by atoms with Crippen molar-refractivity contribution in [1.82, 2.24) is 15.3 Å². The first-order valence-electron chi connectivity index (χ1n) is 7.34. The number of nitrogens with one attached hydrogen (secondary N) is 3. The number of anilines is 1. The van der Waals surface area contributed by atoms with Gasteiger partial charge in [0.1, 0.15) is 0 Å². The van der Waals surface area contributed by atoms with E-state index in [4.69, 9.17) is 4.74 Å². The molecule has 2 amide bonds. The molecular weight excluding hydrogens is 292 g/mol. The van der Waals surface area contributed by atoms with Gasteiger partial charge in [-0.1, -0.05) is 18.2 Å². The molecule has 0 aliphatic carbocycles. The van der Waals surface area contributed by atoms with Crippen LogP contribution < -0.4 is 10.6 Å². The topological polar surface area (TPSA) is 79.0 Å². The van der Waals surface area contributed by atoms with Crippen LogP contribution in [0.4, 0.5) is 10.5 Å². The normalized spacial score (nSPS) is 10.7. The zero-order chi connectivity index (χ0) is 16.1. The van der Waals surface area contributed by atoms with Gasteiger partial charge < -0.3 is 20.4 Å². The minimum Gasteiger partial charge on any atom is -0.383 e. The number of aromatic amines is 1. The Morgan fingerprint density at radius 3 is 2.91 bits per heavy atom. The molecule has 0 fully saturated rings. The molecule has 0 unspecified atom stereocenters. The van der Waals surface area contributed by atoms with Crippen LogP contribution in [0.1, 0.15) is 0 Å². The van der Waals surface area contributed by atoms with E-state index >= 15 is 0 Å². The zero-order valence-electron chi connectivity index (χ0n) is 12.8. The molecule has 0 bridgehead atoms. The Labute approximate surface area is 133 Å². The molecule has 0 aliphatic rings. The maximum atomic E-state index is 12.1. The molecule has 3 aromatic rings. The quantitative estimate of drug-likeness (QED) is 0.634. The number of carbonyl (C=O) groups is 1. The second-order valence-corrected chi connectivity index (χ2v) is 5.04. The summed E-state index contributed by atoms with van der Waals surface area (Å²) in [6, 6.07) is 11.4. The largest absolute Gasteiger partial charge is 0.383 e. The predicted octanol–water partition coefficient (Wildman–Crippen LogP) is 3.00. The third-order valence-corrected chi connectivity index (χ3v) is 3.49. The fourth-order valence-corrected chi connectivity index (χ4v) is 2.42. The second-order valence-electron chi connectivity index (χ2n) is 5.04. The van der Waals surface area contributed by atoms with Gasteiger partial charge in [0, 0.05) is 42.5 Å². The molecule has 118 valence electrons. The number of aromatic nitrogens is 2. The van der Waals surface area contributed by atoms with Crippen molar-refractivity contribution < 1.29 is 9.53 Å². The molecule has 0 saturated heterocycles. The molecule has 0 atom stereocenters. The number of nitrogens with zero attached hydrogens (tertiary/aromatic N) is 1. The standard InChI is InChI=1S/C17H18N4O2/c1-23-10-9-19-17(22)21-16-13-6-2-3-7-14(13)20-15(16)12-5-4-8-18-11-12/h2-8,11,20H,9-10H2,1H3,(H2,19,21,22). The van der Waals surface area contributed by atoms with Gasteiger partial charge in [-0.25, -0.2) is 4.79 Å². The first kappa shape index (κ1) is 15.1. The highest BCUT2D eigenvalue weighted by molar-refractivity contribution is 6.07. The molecule has 0 saturated carbocycles. The van der Waals surface area contributed by atoms with Crippen LogP contribution in [0.5, 0.6) is 0 Å². The summed E-state index contributed by atoms with van der Waals surface area (Å²) in [5, 5.41) is 6.64. The van der Waals surface area contributed by atoms with E-state index in [0.29, 0.717) is 13.2 Å². The van der Waals surface area contributed by atoms with Gasteiger partial charge in [-0.15, -0.1) is 0 Å². The van der Waals surface area contributed by atoms with E-state index in [0.717, 1.165) is 27.8 Å². The van der Waals surface area contributed by atoms with Crippen LogP contribution in [-0.2, 0) is 4.74 Å². The number of fused-ring (bicyclic) bond motifs is 1. The highest BCUT2D eigenvalue weighted by Gasteiger charge is 2.15. The third kappa shape index (κ3) is 3.32. The van der Waals surface area contributed by atoms with Crippen LogP contribution in [0.3, 0.4) is 0 Å². The van der Waals surface area contributed by atoms with Gasteiger partial charge in [0.25, 0.3) is 0 Å². The van der Waals surface area contributed by atoms with Crippen LogP contribution in [-0.4, -0.2) is 36.3 Å². The summed E-state index contributed by atoms with van der Waals surface area (Å²) in [4.78, 5) is 19.6. The third-order valence-electron chi connectivity index (χ3n) is 3.49. The number of urea groups is 1. The van der Waals surface area contributed by atoms with Gasteiger partial charge in [0.2, 0.25) is 0 Å². The van der Waals surface area contributed by atoms with Crippen molar-refractivity contribution in [2.24, 2.45) is 0 Å². The molecule has 23 heavy (non-hydrogen) atoms. The highest BCUT2D eigenvalue weighted by Crippen LogP contribution is 2.34. The first-order chi connectivity index (χ1) is 11.3. The minimum atomic E-state index is -0.267. The molecule has 0 aliphatic heterocycles. The van der Waals surface area contributed by atoms with Crippen molar-refractivity contribution in [2.45, 2.75) is 0 Å². The Hall–Kier alpha value is -2.86. The molecule has 1 aromatic carbocycles. The summed E-state index contributed by atoms with van der Waals surface area (Å²) in [6.07, 6.45) is 3.48. The molecule has 2 heterocycles. The van der Waals surface area contributed by atoms with Crippen molar-refractivity contribution >= 4 is 22.6 Å². The van der Waals surface area contributed by atoms with Crippen molar-refractivity contribution in [2.75, 3.05) is 25.6 Å². The maximum Gasteiger partial charge on any atom is 0.319 e. The number of hydrogen-bond donors (Lipinski definition) is 3. The van der Waals surface area contributed by atoms with E-state index in [1.807, 2.05) is 36.4 Å². The molecule has 3 N–H and O–H groups in total. The van der Waals surface area contributed by atoms with Crippen LogP contribution in [0.25, 0.3) is 22.2 Å². The summed E-state index contributed by atoms with van der Waals surface area (Å²) in [6.45, 7) is 0.920. The lowest BCUT2D eigenvalue weighted by Crippen LogP contribution is -2.31. The number of rotatable bonds is 5. The average molecular weight is 310 g/mol. The van der Waals surface area contributed by atoms with Gasteiger partial charge in [0.05, 0.1) is 18.0 Å².